The molecule has 0 amide bonds. The van der Waals surface area contributed by atoms with Gasteiger partial charge in [0.25, 0.3) is 0 Å². The topological polar surface area (TPSA) is 92.0 Å². The third-order valence-corrected chi connectivity index (χ3v) is 5.23. The van der Waals surface area contributed by atoms with Gasteiger partial charge >= 0.3 is 17.6 Å². The highest BCUT2D eigenvalue weighted by Gasteiger charge is 2.50. The quantitative estimate of drug-likeness (QED) is 0.394. The van der Waals surface area contributed by atoms with E-state index < -0.39 is 35.4 Å². The van der Waals surface area contributed by atoms with Crippen molar-refractivity contribution >= 4 is 22.9 Å². The summed E-state index contributed by atoms with van der Waals surface area (Å²) in [6, 6.07) is 6.43. The first-order valence-corrected chi connectivity index (χ1v) is 10.3. The van der Waals surface area contributed by atoms with Gasteiger partial charge in [-0.05, 0) is 51.8 Å². The second-order valence-corrected chi connectivity index (χ2v) is 8.66. The number of benzene rings is 1. The lowest BCUT2D eigenvalue weighted by molar-refractivity contribution is -0.188. The van der Waals surface area contributed by atoms with E-state index in [1.807, 2.05) is 13.8 Å². The minimum absolute atomic E-state index is 0.0801. The van der Waals surface area contributed by atoms with E-state index in [9.17, 15) is 14.4 Å². The Hall–Kier alpha value is -3.09. The third kappa shape index (κ3) is 4.65. The van der Waals surface area contributed by atoms with E-state index in [0.29, 0.717) is 22.3 Å². The fourth-order valence-electron chi connectivity index (χ4n) is 3.53. The standard InChI is InChI=1S/C24H28O7/c1-7-14(4)23(27)30-22-21(29-18(26)12-13(2)3)19-16(31-24(22,5)6)10-8-15-9-11-17(25)28-20(15)19/h7-11,13,21-22H,12H2,1-6H3/b14-7+. The maximum atomic E-state index is 12.7. The van der Waals surface area contributed by atoms with Crippen molar-refractivity contribution in [3.05, 3.63) is 51.9 Å². The van der Waals surface area contributed by atoms with Gasteiger partial charge < -0.3 is 18.6 Å². The number of hydrogen-bond donors (Lipinski definition) is 0. The molecule has 0 bridgehead atoms. The van der Waals surface area contributed by atoms with Crippen LogP contribution in [-0.2, 0) is 19.1 Å². The van der Waals surface area contributed by atoms with Crippen molar-refractivity contribution in [2.75, 3.05) is 0 Å². The second kappa shape index (κ2) is 8.57. The molecule has 2 atom stereocenters. The molecule has 7 nitrogen and oxygen atoms in total. The van der Waals surface area contributed by atoms with Crippen LogP contribution >= 0.6 is 0 Å². The number of fused-ring (bicyclic) bond motifs is 3. The van der Waals surface area contributed by atoms with Crippen LogP contribution in [0.3, 0.4) is 0 Å². The minimum atomic E-state index is -1.01. The Morgan fingerprint density at radius 2 is 1.84 bits per heavy atom. The molecule has 0 aliphatic carbocycles. The Balaban J connectivity index is 2.18. The predicted molar refractivity (Wildman–Crippen MR) is 115 cm³/mol. The first kappa shape index (κ1) is 22.6. The molecule has 1 aliphatic rings. The number of allylic oxidation sites excluding steroid dienone is 1. The highest BCUT2D eigenvalue weighted by molar-refractivity contribution is 5.88. The minimum Gasteiger partial charge on any atom is -0.483 e. The summed E-state index contributed by atoms with van der Waals surface area (Å²) in [5, 5.41) is 0.640. The summed E-state index contributed by atoms with van der Waals surface area (Å²) in [7, 11) is 0. The van der Waals surface area contributed by atoms with Gasteiger partial charge in [-0.3, -0.25) is 4.79 Å². The third-order valence-electron chi connectivity index (χ3n) is 5.23. The summed E-state index contributed by atoms with van der Waals surface area (Å²) >= 11 is 0. The van der Waals surface area contributed by atoms with Crippen LogP contribution in [0.1, 0.15) is 59.6 Å². The van der Waals surface area contributed by atoms with Crippen LogP contribution in [0.2, 0.25) is 0 Å². The number of esters is 2. The molecule has 166 valence electrons. The van der Waals surface area contributed by atoms with Gasteiger partial charge in [0.15, 0.2) is 12.2 Å². The molecular weight excluding hydrogens is 400 g/mol. The van der Waals surface area contributed by atoms with E-state index in [4.69, 9.17) is 18.6 Å². The summed E-state index contributed by atoms with van der Waals surface area (Å²) in [5.41, 5.74) is -0.522. The van der Waals surface area contributed by atoms with Crippen molar-refractivity contribution < 1.29 is 28.2 Å². The number of ether oxygens (including phenoxy) is 3. The molecule has 0 fully saturated rings. The van der Waals surface area contributed by atoms with Gasteiger partial charge in [0.1, 0.15) is 16.9 Å². The van der Waals surface area contributed by atoms with E-state index in [1.54, 1.807) is 52.0 Å². The summed E-state index contributed by atoms with van der Waals surface area (Å²) in [6.07, 6.45) is -0.139. The van der Waals surface area contributed by atoms with E-state index in [1.165, 1.54) is 6.07 Å². The van der Waals surface area contributed by atoms with Crippen molar-refractivity contribution in [2.45, 2.75) is 65.8 Å². The van der Waals surface area contributed by atoms with Gasteiger partial charge in [0.05, 0.1) is 5.56 Å². The summed E-state index contributed by atoms with van der Waals surface area (Å²) < 4.78 is 23.2. The summed E-state index contributed by atoms with van der Waals surface area (Å²) in [4.78, 5) is 37.2. The summed E-state index contributed by atoms with van der Waals surface area (Å²) in [6.45, 7) is 10.7. The van der Waals surface area contributed by atoms with Crippen molar-refractivity contribution in [2.24, 2.45) is 5.92 Å². The Bertz CT molecular complexity index is 1090. The Kier molecular flexibility index (Phi) is 6.25. The maximum Gasteiger partial charge on any atom is 0.336 e. The number of rotatable bonds is 5. The van der Waals surface area contributed by atoms with Crippen LogP contribution in [0.5, 0.6) is 5.75 Å². The smallest absolute Gasteiger partial charge is 0.336 e. The largest absolute Gasteiger partial charge is 0.483 e. The Morgan fingerprint density at radius 3 is 2.48 bits per heavy atom. The molecular formula is C24H28O7. The fourth-order valence-corrected chi connectivity index (χ4v) is 3.53. The molecule has 0 saturated heterocycles. The molecule has 2 aromatic rings. The Labute approximate surface area is 181 Å². The van der Waals surface area contributed by atoms with Crippen molar-refractivity contribution in [3.63, 3.8) is 0 Å². The van der Waals surface area contributed by atoms with Gasteiger partial charge in [-0.15, -0.1) is 0 Å². The zero-order chi connectivity index (χ0) is 22.9. The van der Waals surface area contributed by atoms with E-state index in [0.717, 1.165) is 0 Å². The molecule has 0 radical (unpaired) electrons. The van der Waals surface area contributed by atoms with Gasteiger partial charge in [-0.2, -0.15) is 0 Å². The first-order chi connectivity index (χ1) is 14.5. The lowest BCUT2D eigenvalue weighted by Crippen LogP contribution is -2.52. The van der Waals surface area contributed by atoms with Crippen LogP contribution in [-0.4, -0.2) is 23.6 Å². The lowest BCUT2D eigenvalue weighted by atomic mass is 9.87. The van der Waals surface area contributed by atoms with E-state index in [-0.39, 0.29) is 17.9 Å². The van der Waals surface area contributed by atoms with Crippen LogP contribution in [0.15, 0.2) is 45.1 Å². The highest BCUT2D eigenvalue weighted by atomic mass is 16.6. The maximum absolute atomic E-state index is 12.7. The molecule has 1 aromatic heterocycles. The molecule has 1 aromatic carbocycles. The average molecular weight is 428 g/mol. The van der Waals surface area contributed by atoms with Crippen LogP contribution in [0, 0.1) is 5.92 Å². The molecule has 0 saturated carbocycles. The monoisotopic (exact) mass is 428 g/mol. The number of hydrogen-bond acceptors (Lipinski definition) is 7. The molecule has 3 rings (SSSR count). The molecule has 0 N–H and O–H groups in total. The zero-order valence-electron chi connectivity index (χ0n) is 18.7. The molecule has 7 heteroatoms. The highest BCUT2D eigenvalue weighted by Crippen LogP contribution is 2.46. The fraction of sp³-hybridized carbons (Fsp3) is 0.458. The normalized spacial score (nSPS) is 20.2. The first-order valence-electron chi connectivity index (χ1n) is 10.3. The second-order valence-electron chi connectivity index (χ2n) is 8.66. The molecule has 1 aliphatic heterocycles. The molecule has 31 heavy (non-hydrogen) atoms. The van der Waals surface area contributed by atoms with Gasteiger partial charge in [0.2, 0.25) is 0 Å². The molecule has 2 unspecified atom stereocenters. The van der Waals surface area contributed by atoms with Crippen molar-refractivity contribution in [1.29, 1.82) is 0 Å². The van der Waals surface area contributed by atoms with E-state index >= 15 is 0 Å². The van der Waals surface area contributed by atoms with E-state index in [2.05, 4.69) is 0 Å². The molecule has 0 spiro atoms. The number of carbonyl (C=O) groups is 2. The van der Waals surface area contributed by atoms with Crippen LogP contribution in [0.25, 0.3) is 11.0 Å². The lowest BCUT2D eigenvalue weighted by Gasteiger charge is -2.43. The summed E-state index contributed by atoms with van der Waals surface area (Å²) in [5.74, 6) is -0.497. The van der Waals surface area contributed by atoms with Gasteiger partial charge in [-0.1, -0.05) is 19.9 Å². The Morgan fingerprint density at radius 1 is 1.16 bits per heavy atom. The van der Waals surface area contributed by atoms with Gasteiger partial charge in [-0.25, -0.2) is 9.59 Å². The van der Waals surface area contributed by atoms with Crippen molar-refractivity contribution in [3.8, 4) is 5.75 Å². The zero-order valence-corrected chi connectivity index (χ0v) is 18.7. The molecule has 2 heterocycles. The predicted octanol–water partition coefficient (Wildman–Crippen LogP) is 4.47. The van der Waals surface area contributed by atoms with Crippen LogP contribution < -0.4 is 10.4 Å². The average Bonchev–Trinajstić information content (AvgIpc) is 2.68. The van der Waals surface area contributed by atoms with Crippen LogP contribution in [0.4, 0.5) is 0 Å². The number of carbonyl (C=O) groups excluding carboxylic acids is 2. The van der Waals surface area contributed by atoms with Crippen molar-refractivity contribution in [1.82, 2.24) is 0 Å². The SMILES string of the molecule is C/C=C(\C)C(=O)OC1C(OC(=O)CC(C)C)c2c(ccc3ccc(=O)oc23)OC1(C)C. The van der Waals surface area contributed by atoms with Gasteiger partial charge in [0, 0.05) is 23.4 Å².